The van der Waals surface area contributed by atoms with Gasteiger partial charge in [0.1, 0.15) is 5.75 Å². The van der Waals surface area contributed by atoms with Crippen molar-refractivity contribution in [3.05, 3.63) is 59.7 Å². The van der Waals surface area contributed by atoms with Gasteiger partial charge >= 0.3 is 0 Å². The van der Waals surface area contributed by atoms with Gasteiger partial charge in [-0.05, 0) is 36.8 Å². The summed E-state index contributed by atoms with van der Waals surface area (Å²) in [5, 5.41) is 2.90. The second-order valence-corrected chi connectivity index (χ2v) is 7.73. The Morgan fingerprint density at radius 1 is 1.12 bits per heavy atom. The van der Waals surface area contributed by atoms with Gasteiger partial charge < -0.3 is 10.1 Å². The van der Waals surface area contributed by atoms with Gasteiger partial charge in [0.2, 0.25) is 10.0 Å². The van der Waals surface area contributed by atoms with Crippen molar-refractivity contribution in [3.63, 3.8) is 0 Å². The highest BCUT2D eigenvalue weighted by Gasteiger charge is 2.20. The number of nitrogens with one attached hydrogen (secondary N) is 1. The second-order valence-electron chi connectivity index (χ2n) is 5.72. The third-order valence-electron chi connectivity index (χ3n) is 3.95. The Hall–Kier alpha value is -2.54. The summed E-state index contributed by atoms with van der Waals surface area (Å²) in [6.45, 7) is 1.86. The van der Waals surface area contributed by atoms with Crippen molar-refractivity contribution in [2.24, 2.45) is 0 Å². The Kier molecular flexibility index (Phi) is 5.69. The summed E-state index contributed by atoms with van der Waals surface area (Å²) in [4.78, 5) is 12.6. The Labute approximate surface area is 148 Å². The van der Waals surface area contributed by atoms with E-state index in [1.807, 2.05) is 31.2 Å². The van der Waals surface area contributed by atoms with E-state index in [0.29, 0.717) is 11.3 Å². The molecule has 0 saturated heterocycles. The summed E-state index contributed by atoms with van der Waals surface area (Å²) in [6.07, 6.45) is 1.10. The molecule has 2 aromatic carbocycles. The van der Waals surface area contributed by atoms with Crippen LogP contribution in [0.5, 0.6) is 5.75 Å². The number of benzene rings is 2. The van der Waals surface area contributed by atoms with Crippen molar-refractivity contribution in [1.29, 1.82) is 0 Å². The molecule has 2 aromatic rings. The van der Waals surface area contributed by atoms with E-state index in [2.05, 4.69) is 5.32 Å². The van der Waals surface area contributed by atoms with Gasteiger partial charge in [0.15, 0.2) is 0 Å². The Morgan fingerprint density at radius 2 is 1.72 bits per heavy atom. The van der Waals surface area contributed by atoms with E-state index in [1.165, 1.54) is 7.05 Å². The molecule has 7 heteroatoms. The number of rotatable bonds is 6. The van der Waals surface area contributed by atoms with Crippen LogP contribution in [0.2, 0.25) is 0 Å². The molecule has 0 aliphatic rings. The molecule has 0 unspecified atom stereocenters. The lowest BCUT2D eigenvalue weighted by Crippen LogP contribution is -2.31. The summed E-state index contributed by atoms with van der Waals surface area (Å²) in [7, 11) is -0.443. The lowest BCUT2D eigenvalue weighted by atomic mass is 10.1. The zero-order valence-electron chi connectivity index (χ0n) is 14.7. The van der Waals surface area contributed by atoms with Gasteiger partial charge in [0, 0.05) is 7.05 Å². The van der Waals surface area contributed by atoms with Gasteiger partial charge in [0.05, 0.1) is 30.7 Å². The molecule has 0 heterocycles. The number of para-hydroxylation sites is 1. The molecule has 0 bridgehead atoms. The molecule has 0 spiro atoms. The first-order valence-corrected chi connectivity index (χ1v) is 9.56. The fourth-order valence-corrected chi connectivity index (χ4v) is 2.89. The predicted molar refractivity (Wildman–Crippen MR) is 98.6 cm³/mol. The lowest BCUT2D eigenvalue weighted by molar-refractivity contribution is 0.0940. The van der Waals surface area contributed by atoms with Gasteiger partial charge in [-0.1, -0.05) is 24.3 Å². The zero-order chi connectivity index (χ0) is 18.6. The summed E-state index contributed by atoms with van der Waals surface area (Å²) >= 11 is 0. The summed E-state index contributed by atoms with van der Waals surface area (Å²) in [5.74, 6) is 0.400. The van der Waals surface area contributed by atoms with E-state index in [0.717, 1.165) is 21.9 Å². The molecule has 25 heavy (non-hydrogen) atoms. The molecule has 0 aliphatic heterocycles. The van der Waals surface area contributed by atoms with Gasteiger partial charge in [-0.15, -0.1) is 0 Å². The number of hydrogen-bond donors (Lipinski definition) is 1. The molecular formula is C18H22N2O4S. The van der Waals surface area contributed by atoms with E-state index < -0.39 is 10.0 Å². The molecule has 0 aliphatic carbocycles. The van der Waals surface area contributed by atoms with Crippen LogP contribution in [0.15, 0.2) is 48.5 Å². The monoisotopic (exact) mass is 362 g/mol. The molecular weight excluding hydrogens is 340 g/mol. The molecule has 0 saturated carbocycles. The fourth-order valence-electron chi connectivity index (χ4n) is 2.37. The maximum absolute atomic E-state index is 12.6. The van der Waals surface area contributed by atoms with Crippen LogP contribution in [0.25, 0.3) is 0 Å². The van der Waals surface area contributed by atoms with Crippen molar-refractivity contribution < 1.29 is 17.9 Å². The average Bonchev–Trinajstić information content (AvgIpc) is 2.60. The van der Waals surface area contributed by atoms with Crippen LogP contribution < -0.4 is 14.4 Å². The van der Waals surface area contributed by atoms with Crippen molar-refractivity contribution in [3.8, 4) is 5.75 Å². The highest BCUT2D eigenvalue weighted by atomic mass is 32.2. The maximum Gasteiger partial charge on any atom is 0.253 e. The van der Waals surface area contributed by atoms with Crippen LogP contribution in [0.1, 0.15) is 28.9 Å². The van der Waals surface area contributed by atoms with Gasteiger partial charge in [0.25, 0.3) is 5.91 Å². The first-order valence-electron chi connectivity index (χ1n) is 7.71. The van der Waals surface area contributed by atoms with Crippen LogP contribution in [0, 0.1) is 0 Å². The highest BCUT2D eigenvalue weighted by Crippen LogP contribution is 2.23. The van der Waals surface area contributed by atoms with Crippen molar-refractivity contribution >= 4 is 21.6 Å². The normalized spacial score (nSPS) is 12.3. The Morgan fingerprint density at radius 3 is 2.28 bits per heavy atom. The molecule has 1 amide bonds. The Balaban J connectivity index is 2.23. The number of amides is 1. The molecule has 6 nitrogen and oxygen atoms in total. The zero-order valence-corrected chi connectivity index (χ0v) is 15.5. The van der Waals surface area contributed by atoms with Crippen LogP contribution in [-0.2, 0) is 10.0 Å². The smallest absolute Gasteiger partial charge is 0.253 e. The molecule has 0 aromatic heterocycles. The average molecular weight is 362 g/mol. The first kappa shape index (κ1) is 18.8. The largest absolute Gasteiger partial charge is 0.497 e. The van der Waals surface area contributed by atoms with Gasteiger partial charge in [-0.25, -0.2) is 8.42 Å². The quantitative estimate of drug-likeness (QED) is 0.857. The number of nitrogens with zero attached hydrogens (tertiary/aromatic N) is 1. The SMILES string of the molecule is COc1ccc([C@H](C)NC(=O)c2ccccc2N(C)S(C)(=O)=O)cc1. The topological polar surface area (TPSA) is 75.7 Å². The number of methoxy groups -OCH3 is 1. The summed E-state index contributed by atoms with van der Waals surface area (Å²) in [6, 6.07) is 13.8. The minimum atomic E-state index is -3.46. The molecule has 1 atom stereocenters. The van der Waals surface area contributed by atoms with Crippen molar-refractivity contribution in [2.75, 3.05) is 24.7 Å². The highest BCUT2D eigenvalue weighted by molar-refractivity contribution is 7.92. The fraction of sp³-hybridized carbons (Fsp3) is 0.278. The van der Waals surface area contributed by atoms with Crippen LogP contribution in [-0.4, -0.2) is 34.7 Å². The predicted octanol–water partition coefficient (Wildman–Crippen LogP) is 2.58. The molecule has 1 N–H and O–H groups in total. The second kappa shape index (κ2) is 7.57. The van der Waals surface area contributed by atoms with Crippen LogP contribution >= 0.6 is 0 Å². The number of ether oxygens (including phenoxy) is 1. The number of carbonyl (C=O) groups excluding carboxylic acids is 1. The lowest BCUT2D eigenvalue weighted by Gasteiger charge is -2.21. The van der Waals surface area contributed by atoms with E-state index in [1.54, 1.807) is 31.4 Å². The van der Waals surface area contributed by atoms with E-state index in [9.17, 15) is 13.2 Å². The van der Waals surface area contributed by atoms with E-state index in [-0.39, 0.29) is 11.9 Å². The number of anilines is 1. The number of carbonyl (C=O) groups is 1. The number of sulfonamides is 1. The van der Waals surface area contributed by atoms with Gasteiger partial charge in [-0.3, -0.25) is 9.10 Å². The minimum absolute atomic E-state index is 0.241. The van der Waals surface area contributed by atoms with Crippen LogP contribution in [0.3, 0.4) is 0 Å². The van der Waals surface area contributed by atoms with Crippen LogP contribution in [0.4, 0.5) is 5.69 Å². The van der Waals surface area contributed by atoms with Crippen molar-refractivity contribution in [1.82, 2.24) is 5.32 Å². The van der Waals surface area contributed by atoms with Gasteiger partial charge in [-0.2, -0.15) is 0 Å². The summed E-state index contributed by atoms with van der Waals surface area (Å²) in [5.41, 5.74) is 1.56. The Bertz CT molecular complexity index is 848. The third kappa shape index (κ3) is 4.51. The van der Waals surface area contributed by atoms with Crippen molar-refractivity contribution in [2.45, 2.75) is 13.0 Å². The third-order valence-corrected chi connectivity index (χ3v) is 5.14. The van der Waals surface area contributed by atoms with E-state index in [4.69, 9.17) is 4.74 Å². The maximum atomic E-state index is 12.6. The first-order chi connectivity index (χ1) is 11.7. The summed E-state index contributed by atoms with van der Waals surface area (Å²) < 4.78 is 29.8. The molecule has 134 valence electrons. The molecule has 0 fully saturated rings. The minimum Gasteiger partial charge on any atom is -0.497 e. The molecule has 2 rings (SSSR count). The standard InChI is InChI=1S/C18H22N2O4S/c1-13(14-9-11-15(24-3)12-10-14)19-18(21)16-7-5-6-8-17(16)20(2)25(4,22)23/h5-13H,1-4H3,(H,19,21)/t13-/m0/s1. The molecule has 0 radical (unpaired) electrons. The van der Waals surface area contributed by atoms with E-state index >= 15 is 0 Å². The number of hydrogen-bond acceptors (Lipinski definition) is 4.